The van der Waals surface area contributed by atoms with E-state index in [1.165, 1.54) is 6.07 Å². The molecule has 72 valence electrons. The Labute approximate surface area is 78.8 Å². The van der Waals surface area contributed by atoms with E-state index < -0.39 is 12.3 Å². The van der Waals surface area contributed by atoms with Crippen LogP contribution in [0.2, 0.25) is 0 Å². The first-order chi connectivity index (χ1) is 6.75. The van der Waals surface area contributed by atoms with Gasteiger partial charge in [-0.3, -0.25) is 0 Å². The fourth-order valence-electron chi connectivity index (χ4n) is 1.57. The first-order valence-corrected chi connectivity index (χ1v) is 4.08. The molecular formula is C9H6O5. The van der Waals surface area contributed by atoms with E-state index in [0.29, 0.717) is 22.6 Å². The first kappa shape index (κ1) is 7.64. The van der Waals surface area contributed by atoms with Gasteiger partial charge in [0, 0.05) is 5.56 Å². The number of hydrogen-bond acceptors (Lipinski definition) is 5. The van der Waals surface area contributed by atoms with Crippen LogP contribution in [0.4, 0.5) is 0 Å². The van der Waals surface area contributed by atoms with Gasteiger partial charge in [-0.2, -0.15) is 0 Å². The summed E-state index contributed by atoms with van der Waals surface area (Å²) >= 11 is 0. The molecule has 0 aliphatic carbocycles. The third-order valence-electron chi connectivity index (χ3n) is 2.25. The van der Waals surface area contributed by atoms with Crippen LogP contribution in [0.15, 0.2) is 12.1 Å². The first-order valence-electron chi connectivity index (χ1n) is 4.08. The van der Waals surface area contributed by atoms with E-state index in [-0.39, 0.29) is 6.79 Å². The Bertz CT molecular complexity index is 425. The predicted octanol–water partition coefficient (Wildman–Crippen LogP) is 0.577. The van der Waals surface area contributed by atoms with E-state index in [0.717, 1.165) is 0 Å². The lowest BCUT2D eigenvalue weighted by atomic mass is 10.1. The second-order valence-corrected chi connectivity index (χ2v) is 3.05. The van der Waals surface area contributed by atoms with Crippen LogP contribution in [-0.4, -0.2) is 17.9 Å². The van der Waals surface area contributed by atoms with Crippen LogP contribution in [0.1, 0.15) is 22.2 Å². The molecule has 0 amide bonds. The van der Waals surface area contributed by atoms with Crippen molar-refractivity contribution in [2.45, 2.75) is 6.29 Å². The number of aliphatic hydroxyl groups excluding tert-OH is 1. The Hall–Kier alpha value is -1.75. The molecular weight excluding hydrogens is 188 g/mol. The number of aliphatic hydroxyl groups is 1. The van der Waals surface area contributed by atoms with E-state index in [4.69, 9.17) is 9.47 Å². The minimum Gasteiger partial charge on any atom is -0.454 e. The maximum absolute atomic E-state index is 11.2. The number of esters is 1. The van der Waals surface area contributed by atoms with Crippen molar-refractivity contribution < 1.29 is 24.1 Å². The van der Waals surface area contributed by atoms with Crippen LogP contribution in [0.5, 0.6) is 11.5 Å². The molecule has 14 heavy (non-hydrogen) atoms. The van der Waals surface area contributed by atoms with Crippen molar-refractivity contribution in [2.24, 2.45) is 0 Å². The van der Waals surface area contributed by atoms with Gasteiger partial charge in [-0.05, 0) is 12.1 Å². The highest BCUT2D eigenvalue weighted by Crippen LogP contribution is 2.40. The smallest absolute Gasteiger partial charge is 0.341 e. The summed E-state index contributed by atoms with van der Waals surface area (Å²) in [7, 11) is 0. The zero-order valence-corrected chi connectivity index (χ0v) is 7.02. The highest BCUT2D eigenvalue weighted by Gasteiger charge is 2.32. The average molecular weight is 194 g/mol. The second-order valence-electron chi connectivity index (χ2n) is 3.05. The number of carbonyl (C=O) groups is 1. The van der Waals surface area contributed by atoms with Crippen molar-refractivity contribution in [3.63, 3.8) is 0 Å². The van der Waals surface area contributed by atoms with Gasteiger partial charge in [-0.25, -0.2) is 4.79 Å². The summed E-state index contributed by atoms with van der Waals surface area (Å²) in [6, 6.07) is 3.09. The van der Waals surface area contributed by atoms with E-state index in [9.17, 15) is 9.90 Å². The number of cyclic esters (lactones) is 1. The SMILES string of the molecule is O=C1O[C@H](O)c2cc3c(cc21)OCO3. The summed E-state index contributed by atoms with van der Waals surface area (Å²) in [5, 5.41) is 9.34. The molecule has 0 fully saturated rings. The van der Waals surface area contributed by atoms with E-state index in [2.05, 4.69) is 4.74 Å². The molecule has 1 aromatic carbocycles. The predicted molar refractivity (Wildman–Crippen MR) is 42.9 cm³/mol. The zero-order chi connectivity index (χ0) is 9.71. The van der Waals surface area contributed by atoms with Crippen LogP contribution in [-0.2, 0) is 4.74 Å². The van der Waals surface area contributed by atoms with E-state index in [1.807, 2.05) is 0 Å². The molecule has 5 nitrogen and oxygen atoms in total. The summed E-state index contributed by atoms with van der Waals surface area (Å²) < 4.78 is 14.8. The van der Waals surface area contributed by atoms with E-state index >= 15 is 0 Å². The lowest BCUT2D eigenvalue weighted by molar-refractivity contribution is -0.0548. The molecule has 2 aliphatic heterocycles. The van der Waals surface area contributed by atoms with Gasteiger partial charge >= 0.3 is 5.97 Å². The number of ether oxygens (including phenoxy) is 3. The van der Waals surface area contributed by atoms with Gasteiger partial charge in [0.25, 0.3) is 0 Å². The molecule has 1 N–H and O–H groups in total. The minimum atomic E-state index is -1.19. The lowest BCUT2D eigenvalue weighted by Crippen LogP contribution is -1.96. The molecule has 0 spiro atoms. The summed E-state index contributed by atoms with van der Waals surface area (Å²) in [6.07, 6.45) is -1.19. The van der Waals surface area contributed by atoms with Gasteiger partial charge in [-0.1, -0.05) is 0 Å². The summed E-state index contributed by atoms with van der Waals surface area (Å²) in [5.41, 5.74) is 0.765. The molecule has 2 aliphatic rings. The fraction of sp³-hybridized carbons (Fsp3) is 0.222. The Morgan fingerprint density at radius 3 is 2.79 bits per heavy atom. The Morgan fingerprint density at radius 2 is 2.00 bits per heavy atom. The Balaban J connectivity index is 2.22. The fourth-order valence-corrected chi connectivity index (χ4v) is 1.57. The van der Waals surface area contributed by atoms with Gasteiger partial charge < -0.3 is 19.3 Å². The summed E-state index contributed by atoms with van der Waals surface area (Å²) in [4.78, 5) is 11.2. The third kappa shape index (κ3) is 0.843. The molecule has 0 saturated heterocycles. The van der Waals surface area contributed by atoms with Crippen LogP contribution < -0.4 is 9.47 Å². The Morgan fingerprint density at radius 1 is 1.29 bits per heavy atom. The van der Waals surface area contributed by atoms with Crippen molar-refractivity contribution in [1.29, 1.82) is 0 Å². The number of hydrogen-bond donors (Lipinski definition) is 1. The molecule has 1 atom stereocenters. The van der Waals surface area contributed by atoms with Crippen LogP contribution in [0.25, 0.3) is 0 Å². The van der Waals surface area contributed by atoms with Gasteiger partial charge in [0.1, 0.15) is 0 Å². The number of carbonyl (C=O) groups excluding carboxylic acids is 1. The van der Waals surface area contributed by atoms with Crippen molar-refractivity contribution in [1.82, 2.24) is 0 Å². The van der Waals surface area contributed by atoms with Gasteiger partial charge in [0.2, 0.25) is 13.1 Å². The Kier molecular flexibility index (Phi) is 1.30. The molecule has 3 rings (SSSR count). The second kappa shape index (κ2) is 2.39. The van der Waals surface area contributed by atoms with Crippen molar-refractivity contribution in [2.75, 3.05) is 6.79 Å². The average Bonchev–Trinajstić information content (AvgIpc) is 2.70. The number of fused-ring (bicyclic) bond motifs is 2. The molecule has 0 radical (unpaired) electrons. The molecule has 1 aromatic rings. The lowest BCUT2D eigenvalue weighted by Gasteiger charge is -2.01. The molecule has 0 saturated carbocycles. The molecule has 2 heterocycles. The topological polar surface area (TPSA) is 65.0 Å². The molecule has 5 heteroatoms. The standard InChI is InChI=1S/C9H6O5/c10-8-4-1-6-7(13-3-12-6)2-5(4)9(11)14-8/h1-2,8,10H,3H2/t8-/m0/s1. The minimum absolute atomic E-state index is 0.142. The number of benzene rings is 1. The molecule has 0 aromatic heterocycles. The molecule has 0 unspecified atom stereocenters. The van der Waals surface area contributed by atoms with E-state index in [1.54, 1.807) is 6.07 Å². The van der Waals surface area contributed by atoms with Crippen molar-refractivity contribution in [3.05, 3.63) is 23.3 Å². The normalized spacial score (nSPS) is 22.1. The largest absolute Gasteiger partial charge is 0.454 e. The number of rotatable bonds is 0. The maximum Gasteiger partial charge on any atom is 0.341 e. The van der Waals surface area contributed by atoms with Crippen LogP contribution in [0.3, 0.4) is 0 Å². The highest BCUT2D eigenvalue weighted by molar-refractivity contribution is 5.94. The van der Waals surface area contributed by atoms with Crippen molar-refractivity contribution >= 4 is 5.97 Å². The zero-order valence-electron chi connectivity index (χ0n) is 7.02. The highest BCUT2D eigenvalue weighted by atomic mass is 16.7. The summed E-state index contributed by atoms with van der Waals surface area (Å²) in [6.45, 7) is 0.142. The van der Waals surface area contributed by atoms with Gasteiger partial charge in [0.05, 0.1) is 5.56 Å². The van der Waals surface area contributed by atoms with Crippen molar-refractivity contribution in [3.8, 4) is 11.5 Å². The van der Waals surface area contributed by atoms with Crippen LogP contribution in [0, 0.1) is 0 Å². The summed E-state index contributed by atoms with van der Waals surface area (Å²) in [5.74, 6) is 0.502. The maximum atomic E-state index is 11.2. The van der Waals surface area contributed by atoms with Crippen LogP contribution >= 0.6 is 0 Å². The van der Waals surface area contributed by atoms with Gasteiger partial charge in [0.15, 0.2) is 11.5 Å². The third-order valence-corrected chi connectivity index (χ3v) is 2.25. The quantitative estimate of drug-likeness (QED) is 0.612. The molecule has 0 bridgehead atoms. The monoisotopic (exact) mass is 194 g/mol. The van der Waals surface area contributed by atoms with Gasteiger partial charge in [-0.15, -0.1) is 0 Å².